The van der Waals surface area contributed by atoms with Crippen LogP contribution < -0.4 is 15.9 Å². The monoisotopic (exact) mass is 482 g/mol. The molecule has 0 bridgehead atoms. The van der Waals surface area contributed by atoms with Crippen LogP contribution in [0.15, 0.2) is 64.2 Å². The fourth-order valence-corrected chi connectivity index (χ4v) is 5.68. The summed E-state index contributed by atoms with van der Waals surface area (Å²) in [5, 5.41) is 10.5. The molecular weight excluding hydrogens is 456 g/mol. The second-order valence-electron chi connectivity index (χ2n) is 9.68. The van der Waals surface area contributed by atoms with Crippen molar-refractivity contribution in [1.82, 2.24) is 9.13 Å². The number of aromatic hydroxyl groups is 1. The summed E-state index contributed by atoms with van der Waals surface area (Å²) >= 11 is 0. The molecule has 1 N–H and O–H groups in total. The zero-order valence-electron chi connectivity index (χ0n) is 20.0. The molecule has 7 heteroatoms. The second kappa shape index (κ2) is 8.52. The summed E-state index contributed by atoms with van der Waals surface area (Å²) in [4.78, 5) is 40.1. The lowest BCUT2D eigenvalue weighted by Gasteiger charge is -2.27. The number of fused-ring (bicyclic) bond motifs is 1. The summed E-state index contributed by atoms with van der Waals surface area (Å²) in [6.45, 7) is 2.86. The van der Waals surface area contributed by atoms with Gasteiger partial charge in [0.05, 0.1) is 17.5 Å². The molecule has 0 saturated carbocycles. The first-order valence-corrected chi connectivity index (χ1v) is 12.3. The van der Waals surface area contributed by atoms with Crippen LogP contribution in [0.4, 0.5) is 0 Å². The number of benzene rings is 2. The number of carbonyl (C=O) groups excluding carboxylic acids is 1. The van der Waals surface area contributed by atoms with Crippen LogP contribution in [-0.2, 0) is 30.7 Å². The molecule has 2 aromatic heterocycles. The molecule has 2 aromatic carbocycles. The van der Waals surface area contributed by atoms with Gasteiger partial charge in [0.2, 0.25) is 0 Å². The number of hydrogen-bond donors (Lipinski definition) is 1. The van der Waals surface area contributed by atoms with Gasteiger partial charge in [0.15, 0.2) is 0 Å². The molecule has 36 heavy (non-hydrogen) atoms. The fourth-order valence-electron chi connectivity index (χ4n) is 5.68. The van der Waals surface area contributed by atoms with Gasteiger partial charge in [-0.2, -0.15) is 0 Å². The number of aryl methyl sites for hydroxylation is 4. The van der Waals surface area contributed by atoms with Gasteiger partial charge in [-0.05, 0) is 60.9 Å². The number of para-hydroxylation sites is 1. The number of nitrogens with zero attached hydrogens (tertiary/aromatic N) is 2. The van der Waals surface area contributed by atoms with Crippen molar-refractivity contribution in [2.24, 2.45) is 0 Å². The lowest BCUT2D eigenvalue weighted by atomic mass is 9.86. The number of carbonyl (C=O) groups is 1. The average molecular weight is 483 g/mol. The third-order valence-electron chi connectivity index (χ3n) is 7.44. The second-order valence-corrected chi connectivity index (χ2v) is 9.68. The number of pyridine rings is 2. The SMILES string of the molecule is Cc1cc2c(c(=O)n1CCc1ccc(O)cc1)C(c1cc3cccc4c3n(c1=O)CCC4)CC(=O)O2. The minimum absolute atomic E-state index is 0.0519. The molecule has 2 aliphatic heterocycles. The van der Waals surface area contributed by atoms with E-state index in [1.165, 1.54) is 0 Å². The largest absolute Gasteiger partial charge is 0.508 e. The molecule has 0 spiro atoms. The molecule has 0 amide bonds. The van der Waals surface area contributed by atoms with Crippen LogP contribution in [0.3, 0.4) is 0 Å². The van der Waals surface area contributed by atoms with Gasteiger partial charge in [-0.15, -0.1) is 0 Å². The van der Waals surface area contributed by atoms with Crippen molar-refractivity contribution < 1.29 is 14.6 Å². The van der Waals surface area contributed by atoms with Crippen LogP contribution in [0.1, 0.15) is 46.7 Å². The fraction of sp³-hybridized carbons (Fsp3) is 0.276. The first kappa shape index (κ1) is 22.3. The van der Waals surface area contributed by atoms with E-state index in [1.54, 1.807) is 27.3 Å². The van der Waals surface area contributed by atoms with Gasteiger partial charge >= 0.3 is 5.97 Å². The van der Waals surface area contributed by atoms with E-state index in [2.05, 4.69) is 6.07 Å². The number of hydrogen-bond acceptors (Lipinski definition) is 5. The van der Waals surface area contributed by atoms with Crippen LogP contribution in [0.25, 0.3) is 10.9 Å². The molecule has 7 nitrogen and oxygen atoms in total. The van der Waals surface area contributed by atoms with Gasteiger partial charge in [0.1, 0.15) is 11.5 Å². The van der Waals surface area contributed by atoms with Crippen molar-refractivity contribution in [1.29, 1.82) is 0 Å². The van der Waals surface area contributed by atoms with Gasteiger partial charge < -0.3 is 19.0 Å². The minimum atomic E-state index is -0.666. The Hall–Kier alpha value is -4.13. The van der Waals surface area contributed by atoms with E-state index >= 15 is 0 Å². The van der Waals surface area contributed by atoms with Crippen molar-refractivity contribution in [3.05, 3.63) is 103 Å². The molecule has 0 saturated heterocycles. The number of phenolic OH excluding ortho intramolecular Hbond substituents is 1. The van der Waals surface area contributed by atoms with E-state index in [-0.39, 0.29) is 29.0 Å². The van der Waals surface area contributed by atoms with Crippen molar-refractivity contribution >= 4 is 16.9 Å². The summed E-state index contributed by atoms with van der Waals surface area (Å²) in [7, 11) is 0. The highest BCUT2D eigenvalue weighted by molar-refractivity contribution is 5.84. The molecule has 182 valence electrons. The Morgan fingerprint density at radius 1 is 1.03 bits per heavy atom. The smallest absolute Gasteiger partial charge is 0.312 e. The maximum Gasteiger partial charge on any atom is 0.312 e. The Morgan fingerprint density at radius 3 is 2.64 bits per heavy atom. The Morgan fingerprint density at radius 2 is 1.83 bits per heavy atom. The number of rotatable bonds is 4. The standard InChI is InChI=1S/C29H26N2O5/c1-17-14-24-26(29(35)30(17)13-11-18-7-9-21(32)10-8-18)22(16-25(33)36-24)23-15-20-5-2-4-19-6-3-12-31(27(19)20)28(23)34/h2,4-5,7-10,14-15,22,32H,3,6,11-13,16H2,1H3. The van der Waals surface area contributed by atoms with E-state index in [1.807, 2.05) is 37.3 Å². The Bertz CT molecular complexity index is 1650. The van der Waals surface area contributed by atoms with Crippen LogP contribution in [0.2, 0.25) is 0 Å². The highest BCUT2D eigenvalue weighted by atomic mass is 16.5. The van der Waals surface area contributed by atoms with Crippen LogP contribution in [0.5, 0.6) is 11.5 Å². The van der Waals surface area contributed by atoms with Gasteiger partial charge in [-0.3, -0.25) is 14.4 Å². The Labute approximate surface area is 207 Å². The highest BCUT2D eigenvalue weighted by Crippen LogP contribution is 2.37. The van der Waals surface area contributed by atoms with Crippen LogP contribution >= 0.6 is 0 Å². The van der Waals surface area contributed by atoms with E-state index in [4.69, 9.17) is 4.74 Å². The normalized spacial score (nSPS) is 16.6. The zero-order valence-corrected chi connectivity index (χ0v) is 20.0. The molecule has 4 heterocycles. The minimum Gasteiger partial charge on any atom is -0.508 e. The number of esters is 1. The van der Waals surface area contributed by atoms with E-state index < -0.39 is 11.9 Å². The topological polar surface area (TPSA) is 90.5 Å². The molecule has 1 unspecified atom stereocenters. The molecule has 6 rings (SSSR count). The lowest BCUT2D eigenvalue weighted by Crippen LogP contribution is -2.36. The molecular formula is C29H26N2O5. The lowest BCUT2D eigenvalue weighted by molar-refractivity contribution is -0.135. The maximum atomic E-state index is 13.8. The molecule has 0 radical (unpaired) electrons. The van der Waals surface area contributed by atoms with E-state index in [0.717, 1.165) is 34.9 Å². The Balaban J connectivity index is 1.48. The molecule has 0 fully saturated rings. The third kappa shape index (κ3) is 3.63. The van der Waals surface area contributed by atoms with Crippen LogP contribution in [-0.4, -0.2) is 20.2 Å². The summed E-state index contributed by atoms with van der Waals surface area (Å²) in [6.07, 6.45) is 2.35. The van der Waals surface area contributed by atoms with Crippen LogP contribution in [0, 0.1) is 6.92 Å². The molecule has 1 atom stereocenters. The van der Waals surface area contributed by atoms with Crippen molar-refractivity contribution in [2.75, 3.05) is 0 Å². The van der Waals surface area contributed by atoms with Gasteiger partial charge in [-0.25, -0.2) is 0 Å². The summed E-state index contributed by atoms with van der Waals surface area (Å²) in [6, 6.07) is 16.5. The van der Waals surface area contributed by atoms with Crippen molar-refractivity contribution in [2.45, 2.75) is 51.6 Å². The Kier molecular flexibility index (Phi) is 5.29. The van der Waals surface area contributed by atoms with E-state index in [9.17, 15) is 19.5 Å². The average Bonchev–Trinajstić information content (AvgIpc) is 2.86. The van der Waals surface area contributed by atoms with Crippen molar-refractivity contribution in [3.63, 3.8) is 0 Å². The zero-order chi connectivity index (χ0) is 25.0. The molecule has 0 aliphatic carbocycles. The number of phenols is 1. The van der Waals surface area contributed by atoms with Gasteiger partial charge in [-0.1, -0.05) is 30.3 Å². The summed E-state index contributed by atoms with van der Waals surface area (Å²) in [5.41, 5.74) is 4.21. The van der Waals surface area contributed by atoms with Gasteiger partial charge in [0.25, 0.3) is 11.1 Å². The predicted molar refractivity (Wildman–Crippen MR) is 136 cm³/mol. The first-order chi connectivity index (χ1) is 17.4. The predicted octanol–water partition coefficient (Wildman–Crippen LogP) is 3.81. The number of ether oxygens (including phenoxy) is 1. The molecule has 2 aliphatic rings. The quantitative estimate of drug-likeness (QED) is 0.447. The third-order valence-corrected chi connectivity index (χ3v) is 7.44. The summed E-state index contributed by atoms with van der Waals surface area (Å²) < 4.78 is 8.99. The summed E-state index contributed by atoms with van der Waals surface area (Å²) in [5.74, 6) is -0.676. The van der Waals surface area contributed by atoms with E-state index in [0.29, 0.717) is 36.3 Å². The maximum absolute atomic E-state index is 13.8. The highest BCUT2D eigenvalue weighted by Gasteiger charge is 2.35. The van der Waals surface area contributed by atoms with Gasteiger partial charge in [0, 0.05) is 36.3 Å². The molecule has 4 aromatic rings. The van der Waals surface area contributed by atoms with Crippen molar-refractivity contribution in [3.8, 4) is 11.5 Å². The number of aromatic nitrogens is 2. The first-order valence-electron chi connectivity index (χ1n) is 12.3.